The van der Waals surface area contributed by atoms with E-state index in [4.69, 9.17) is 4.74 Å². The molecule has 0 aliphatic rings. The fourth-order valence-electron chi connectivity index (χ4n) is 2.61. The molecule has 0 unspecified atom stereocenters. The molecular weight excluding hydrogens is 429 g/mol. The number of hydrogen-bond donors (Lipinski definition) is 2. The number of carbonyl (C=O) groups is 1. The molecule has 0 aliphatic heterocycles. The second-order valence-corrected chi connectivity index (χ2v) is 7.92. The van der Waals surface area contributed by atoms with Crippen LogP contribution in [-0.2, 0) is 10.0 Å². The Morgan fingerprint density at radius 2 is 1.71 bits per heavy atom. The molecule has 0 saturated heterocycles. The number of nitrogens with one attached hydrogen (secondary N) is 2. The Labute approximate surface area is 176 Å². The van der Waals surface area contributed by atoms with Gasteiger partial charge in [0.25, 0.3) is 15.9 Å². The predicted octanol–water partition coefficient (Wildman–Crippen LogP) is 3.80. The quantitative estimate of drug-likeness (QED) is 0.421. The lowest BCUT2D eigenvalue weighted by molar-refractivity contribution is -0.387. The number of nitro benzene ring substituents is 1. The summed E-state index contributed by atoms with van der Waals surface area (Å²) in [7, 11) is -2.51. The lowest BCUT2D eigenvalue weighted by Gasteiger charge is -2.10. The Balaban J connectivity index is 1.81. The Bertz CT molecular complexity index is 1250. The molecule has 3 aromatic carbocycles. The van der Waals surface area contributed by atoms with E-state index in [-0.39, 0.29) is 16.1 Å². The summed E-state index contributed by atoms with van der Waals surface area (Å²) < 4.78 is 46.2. The molecule has 0 saturated carbocycles. The monoisotopic (exact) mass is 445 g/mol. The molecule has 1 amide bonds. The lowest BCUT2D eigenvalue weighted by atomic mass is 10.2. The minimum atomic E-state index is -4.00. The van der Waals surface area contributed by atoms with Crippen molar-refractivity contribution in [3.8, 4) is 5.75 Å². The topological polar surface area (TPSA) is 128 Å². The van der Waals surface area contributed by atoms with Crippen LogP contribution in [-0.4, -0.2) is 26.4 Å². The molecule has 160 valence electrons. The molecule has 0 atom stereocenters. The van der Waals surface area contributed by atoms with Gasteiger partial charge < -0.3 is 10.1 Å². The summed E-state index contributed by atoms with van der Waals surface area (Å²) in [5, 5.41) is 13.2. The Kier molecular flexibility index (Phi) is 6.16. The Morgan fingerprint density at radius 1 is 1.03 bits per heavy atom. The highest BCUT2D eigenvalue weighted by atomic mass is 32.2. The fraction of sp³-hybridized carbons (Fsp3) is 0.0500. The van der Waals surface area contributed by atoms with Crippen molar-refractivity contribution in [1.82, 2.24) is 0 Å². The summed E-state index contributed by atoms with van der Waals surface area (Å²) in [4.78, 5) is 22.2. The van der Waals surface area contributed by atoms with E-state index in [1.54, 1.807) is 12.1 Å². The van der Waals surface area contributed by atoms with Crippen molar-refractivity contribution in [3.63, 3.8) is 0 Å². The van der Waals surface area contributed by atoms with Crippen molar-refractivity contribution in [3.05, 3.63) is 88.2 Å². The zero-order valence-corrected chi connectivity index (χ0v) is 16.9. The van der Waals surface area contributed by atoms with Gasteiger partial charge >= 0.3 is 5.69 Å². The first-order chi connectivity index (χ1) is 14.7. The number of carbonyl (C=O) groups excluding carboxylic acids is 1. The minimum Gasteiger partial charge on any atom is -0.497 e. The van der Waals surface area contributed by atoms with Crippen molar-refractivity contribution in [2.24, 2.45) is 0 Å². The van der Waals surface area contributed by atoms with Crippen LogP contribution in [0.1, 0.15) is 10.4 Å². The second kappa shape index (κ2) is 8.79. The fourth-order valence-corrected chi connectivity index (χ4v) is 3.72. The highest BCUT2D eigenvalue weighted by molar-refractivity contribution is 7.92. The number of rotatable bonds is 7. The molecule has 0 aromatic heterocycles. The molecule has 9 nitrogen and oxygen atoms in total. The first kappa shape index (κ1) is 21.7. The molecule has 31 heavy (non-hydrogen) atoms. The van der Waals surface area contributed by atoms with Gasteiger partial charge in [0.2, 0.25) is 5.82 Å². The molecular formula is C20H16FN3O6S. The average Bonchev–Trinajstić information content (AvgIpc) is 2.75. The third-order valence-corrected chi connectivity index (χ3v) is 5.53. The van der Waals surface area contributed by atoms with Crippen molar-refractivity contribution in [1.29, 1.82) is 0 Å². The van der Waals surface area contributed by atoms with Gasteiger partial charge in [-0.1, -0.05) is 6.07 Å². The van der Waals surface area contributed by atoms with Crippen LogP contribution < -0.4 is 14.8 Å². The van der Waals surface area contributed by atoms with Gasteiger partial charge in [0.1, 0.15) is 5.75 Å². The summed E-state index contributed by atoms with van der Waals surface area (Å²) in [5.74, 6) is -1.20. The summed E-state index contributed by atoms with van der Waals surface area (Å²) >= 11 is 0. The number of sulfonamides is 1. The SMILES string of the molecule is COc1ccc(NS(=O)(=O)c2cccc(C(=O)Nc3ccc(F)c([N+](=O)[O-])c3)c2)cc1. The van der Waals surface area contributed by atoms with Gasteiger partial charge in [0.05, 0.1) is 16.9 Å². The van der Waals surface area contributed by atoms with Crippen LogP contribution in [0.15, 0.2) is 71.6 Å². The number of anilines is 2. The second-order valence-electron chi connectivity index (χ2n) is 6.24. The lowest BCUT2D eigenvalue weighted by Crippen LogP contribution is -2.16. The Hall–Kier alpha value is -3.99. The maximum atomic E-state index is 13.5. The average molecular weight is 445 g/mol. The van der Waals surface area contributed by atoms with E-state index in [9.17, 15) is 27.7 Å². The van der Waals surface area contributed by atoms with E-state index < -0.39 is 32.4 Å². The number of ether oxygens (including phenoxy) is 1. The number of hydrogen-bond acceptors (Lipinski definition) is 6. The van der Waals surface area contributed by atoms with Gasteiger partial charge in [-0.25, -0.2) is 8.42 Å². The van der Waals surface area contributed by atoms with Gasteiger partial charge in [-0.15, -0.1) is 0 Å². The highest BCUT2D eigenvalue weighted by Gasteiger charge is 2.18. The van der Waals surface area contributed by atoms with E-state index >= 15 is 0 Å². The third-order valence-electron chi connectivity index (χ3n) is 4.15. The van der Waals surface area contributed by atoms with Crippen LogP contribution in [0.4, 0.5) is 21.5 Å². The zero-order chi connectivity index (χ0) is 22.6. The normalized spacial score (nSPS) is 10.9. The first-order valence-electron chi connectivity index (χ1n) is 8.72. The molecule has 3 rings (SSSR count). The van der Waals surface area contributed by atoms with Gasteiger partial charge in [0, 0.05) is 23.0 Å². The number of benzene rings is 3. The van der Waals surface area contributed by atoms with E-state index in [0.29, 0.717) is 11.4 Å². The van der Waals surface area contributed by atoms with E-state index in [1.165, 1.54) is 37.4 Å². The standard InChI is InChI=1S/C20H16FN3O6S/c1-30-16-8-5-14(6-9-16)23-31(28,29)17-4-2-3-13(11-17)20(25)22-15-7-10-18(21)19(12-15)24(26)27/h2-12,23H,1H3,(H,22,25). The molecule has 2 N–H and O–H groups in total. The summed E-state index contributed by atoms with van der Waals surface area (Å²) in [6.45, 7) is 0. The molecule has 3 aromatic rings. The van der Waals surface area contributed by atoms with Crippen LogP contribution in [0, 0.1) is 15.9 Å². The summed E-state index contributed by atoms with van der Waals surface area (Å²) in [6, 6.07) is 14.3. The number of halogens is 1. The predicted molar refractivity (Wildman–Crippen MR) is 111 cm³/mol. The van der Waals surface area contributed by atoms with Crippen LogP contribution in [0.25, 0.3) is 0 Å². The minimum absolute atomic E-state index is 0.00964. The van der Waals surface area contributed by atoms with Crippen LogP contribution in [0.2, 0.25) is 0 Å². The Morgan fingerprint density at radius 3 is 2.35 bits per heavy atom. The number of nitrogens with zero attached hydrogens (tertiary/aromatic N) is 1. The van der Waals surface area contributed by atoms with Gasteiger partial charge in [-0.2, -0.15) is 4.39 Å². The van der Waals surface area contributed by atoms with Gasteiger partial charge in [-0.05, 0) is 54.6 Å². The number of amides is 1. The molecule has 0 aliphatic carbocycles. The summed E-state index contributed by atoms with van der Waals surface area (Å²) in [6.07, 6.45) is 0. The van der Waals surface area contributed by atoms with Crippen molar-refractivity contribution >= 4 is 33.0 Å². The zero-order valence-electron chi connectivity index (χ0n) is 16.0. The van der Waals surface area contributed by atoms with Crippen LogP contribution in [0.5, 0.6) is 5.75 Å². The smallest absolute Gasteiger partial charge is 0.306 e. The van der Waals surface area contributed by atoms with Crippen molar-refractivity contribution in [2.75, 3.05) is 17.1 Å². The van der Waals surface area contributed by atoms with Gasteiger partial charge in [-0.3, -0.25) is 19.6 Å². The van der Waals surface area contributed by atoms with E-state index in [0.717, 1.165) is 24.3 Å². The maximum Gasteiger partial charge on any atom is 0.306 e. The van der Waals surface area contributed by atoms with Crippen molar-refractivity contribution in [2.45, 2.75) is 4.90 Å². The number of methoxy groups -OCH3 is 1. The maximum absolute atomic E-state index is 13.5. The van der Waals surface area contributed by atoms with Gasteiger partial charge in [0.15, 0.2) is 0 Å². The molecule has 0 fully saturated rings. The van der Waals surface area contributed by atoms with E-state index in [2.05, 4.69) is 10.0 Å². The third kappa shape index (κ3) is 5.14. The molecule has 0 bridgehead atoms. The highest BCUT2D eigenvalue weighted by Crippen LogP contribution is 2.23. The molecule has 0 spiro atoms. The summed E-state index contributed by atoms with van der Waals surface area (Å²) in [5.41, 5.74) is -0.514. The molecule has 0 radical (unpaired) electrons. The number of nitro groups is 1. The van der Waals surface area contributed by atoms with E-state index in [1.807, 2.05) is 0 Å². The molecule has 11 heteroatoms. The first-order valence-corrected chi connectivity index (χ1v) is 10.2. The van der Waals surface area contributed by atoms with Crippen LogP contribution >= 0.6 is 0 Å². The van der Waals surface area contributed by atoms with Crippen LogP contribution in [0.3, 0.4) is 0 Å². The van der Waals surface area contributed by atoms with Crippen molar-refractivity contribution < 1.29 is 27.3 Å². The molecule has 0 heterocycles. The largest absolute Gasteiger partial charge is 0.497 e.